The van der Waals surface area contributed by atoms with E-state index < -0.39 is 26.7 Å². The Hall–Kier alpha value is -1.62. The molecule has 0 spiro atoms. The van der Waals surface area contributed by atoms with Crippen LogP contribution in [0.15, 0.2) is 0 Å². The number of carbonyl (C=O) groups excluding carboxylic acids is 2. The average Bonchev–Trinajstić information content (AvgIpc) is 2.38. The zero-order chi connectivity index (χ0) is 14.5. The maximum atomic E-state index is 11.9. The lowest BCUT2D eigenvalue weighted by molar-refractivity contribution is -0.131. The number of hydrogen-bond donors (Lipinski definition) is 1. The average molecular weight is 287 g/mol. The topological polar surface area (TPSA) is 107 Å². The van der Waals surface area contributed by atoms with Crippen LogP contribution in [0.25, 0.3) is 0 Å². The summed E-state index contributed by atoms with van der Waals surface area (Å²) in [6, 6.07) is 1.78. The molecule has 0 aliphatic carbocycles. The van der Waals surface area contributed by atoms with Crippen LogP contribution in [0.2, 0.25) is 0 Å². The van der Waals surface area contributed by atoms with E-state index in [0.29, 0.717) is 25.9 Å². The van der Waals surface area contributed by atoms with E-state index in [2.05, 4.69) is 5.32 Å². The monoisotopic (exact) mass is 287 g/mol. The Kier molecular flexibility index (Phi) is 5.30. The van der Waals surface area contributed by atoms with Crippen molar-refractivity contribution < 1.29 is 18.0 Å². The van der Waals surface area contributed by atoms with Crippen LogP contribution in [-0.2, 0) is 19.4 Å². The van der Waals surface area contributed by atoms with Gasteiger partial charge in [-0.25, -0.2) is 8.42 Å². The highest BCUT2D eigenvalue weighted by Gasteiger charge is 2.32. The summed E-state index contributed by atoms with van der Waals surface area (Å²) in [4.78, 5) is 24.1. The molecule has 2 amide bonds. The first-order chi connectivity index (χ1) is 8.90. The fraction of sp³-hybridized carbons (Fsp3) is 0.727. The predicted molar refractivity (Wildman–Crippen MR) is 67.7 cm³/mol. The summed E-state index contributed by atoms with van der Waals surface area (Å²) >= 11 is 0. The standard InChI is InChI=1S/C11H17N3O4S/c1-13-10(15)8-19(17,18)9-3-6-14(7-4-9)11(16)2-5-12/h9H,2-4,6-8H2,1H3,(H,13,15). The third kappa shape index (κ3) is 4.21. The van der Waals surface area contributed by atoms with Gasteiger partial charge in [0.1, 0.15) is 12.2 Å². The van der Waals surface area contributed by atoms with Gasteiger partial charge in [-0.15, -0.1) is 0 Å². The maximum Gasteiger partial charge on any atom is 0.236 e. The summed E-state index contributed by atoms with van der Waals surface area (Å²) < 4.78 is 23.9. The van der Waals surface area contributed by atoms with E-state index >= 15 is 0 Å². The fourth-order valence-electron chi connectivity index (χ4n) is 2.02. The summed E-state index contributed by atoms with van der Waals surface area (Å²) in [7, 11) is -2.08. The van der Waals surface area contributed by atoms with Crippen LogP contribution >= 0.6 is 0 Å². The molecule has 0 bridgehead atoms. The van der Waals surface area contributed by atoms with Gasteiger partial charge in [-0.05, 0) is 12.8 Å². The molecule has 7 nitrogen and oxygen atoms in total. The Bertz CT molecular complexity index is 487. The number of hydrogen-bond acceptors (Lipinski definition) is 5. The Labute approximate surface area is 112 Å². The molecule has 1 rings (SSSR count). The minimum absolute atomic E-state index is 0.185. The molecule has 0 saturated carbocycles. The van der Waals surface area contributed by atoms with Crippen LogP contribution < -0.4 is 5.32 Å². The summed E-state index contributed by atoms with van der Waals surface area (Å²) in [6.07, 6.45) is 0.447. The molecule has 106 valence electrons. The molecule has 1 aliphatic heterocycles. The molecule has 1 fully saturated rings. The molecule has 0 unspecified atom stereocenters. The van der Waals surface area contributed by atoms with Crippen LogP contribution in [-0.4, -0.2) is 56.3 Å². The molecular formula is C11H17N3O4S. The highest BCUT2D eigenvalue weighted by atomic mass is 32.2. The highest BCUT2D eigenvalue weighted by molar-refractivity contribution is 7.92. The van der Waals surface area contributed by atoms with Gasteiger partial charge in [-0.3, -0.25) is 9.59 Å². The van der Waals surface area contributed by atoms with Crippen molar-refractivity contribution in [1.82, 2.24) is 10.2 Å². The van der Waals surface area contributed by atoms with E-state index in [0.717, 1.165) is 0 Å². The number of likely N-dealkylation sites (tertiary alicyclic amines) is 1. The van der Waals surface area contributed by atoms with E-state index in [1.165, 1.54) is 11.9 Å². The van der Waals surface area contributed by atoms with E-state index in [1.807, 2.05) is 0 Å². The van der Waals surface area contributed by atoms with Crippen molar-refractivity contribution in [1.29, 1.82) is 5.26 Å². The van der Waals surface area contributed by atoms with Crippen molar-refractivity contribution in [3.05, 3.63) is 0 Å². The maximum absolute atomic E-state index is 11.9. The molecule has 1 saturated heterocycles. The van der Waals surface area contributed by atoms with Gasteiger partial charge in [0, 0.05) is 20.1 Å². The van der Waals surface area contributed by atoms with Gasteiger partial charge >= 0.3 is 0 Å². The Morgan fingerprint density at radius 2 is 1.95 bits per heavy atom. The molecule has 0 atom stereocenters. The number of nitriles is 1. The van der Waals surface area contributed by atoms with Crippen molar-refractivity contribution >= 4 is 21.7 Å². The van der Waals surface area contributed by atoms with Crippen molar-refractivity contribution in [2.45, 2.75) is 24.5 Å². The molecule has 1 aliphatic rings. The Morgan fingerprint density at radius 3 is 2.42 bits per heavy atom. The first-order valence-electron chi connectivity index (χ1n) is 5.97. The van der Waals surface area contributed by atoms with Crippen LogP contribution in [0.3, 0.4) is 0 Å². The lowest BCUT2D eigenvalue weighted by Crippen LogP contribution is -2.44. The molecule has 0 aromatic carbocycles. The summed E-state index contributed by atoms with van der Waals surface area (Å²) in [5.74, 6) is -1.31. The van der Waals surface area contributed by atoms with Gasteiger partial charge in [-0.1, -0.05) is 0 Å². The van der Waals surface area contributed by atoms with Crippen LogP contribution in [0.4, 0.5) is 0 Å². The predicted octanol–water partition coefficient (Wildman–Crippen LogP) is -0.948. The minimum Gasteiger partial charge on any atom is -0.358 e. The van der Waals surface area contributed by atoms with Gasteiger partial charge < -0.3 is 10.2 Å². The van der Waals surface area contributed by atoms with Crippen molar-refractivity contribution in [2.24, 2.45) is 0 Å². The lowest BCUT2D eigenvalue weighted by Gasteiger charge is -2.31. The third-order valence-electron chi connectivity index (χ3n) is 3.14. The van der Waals surface area contributed by atoms with Crippen molar-refractivity contribution in [2.75, 3.05) is 25.9 Å². The Balaban J connectivity index is 2.56. The normalized spacial score (nSPS) is 16.7. The quantitative estimate of drug-likeness (QED) is 0.717. The molecule has 19 heavy (non-hydrogen) atoms. The number of nitrogens with zero attached hydrogens (tertiary/aromatic N) is 2. The number of rotatable bonds is 4. The summed E-state index contributed by atoms with van der Waals surface area (Å²) in [5.41, 5.74) is 0. The molecule has 1 N–H and O–H groups in total. The molecule has 1 heterocycles. The number of carbonyl (C=O) groups is 2. The van der Waals surface area contributed by atoms with Gasteiger partial charge in [0.05, 0.1) is 11.3 Å². The second-order valence-electron chi connectivity index (χ2n) is 4.40. The molecular weight excluding hydrogens is 270 g/mol. The SMILES string of the molecule is CNC(=O)CS(=O)(=O)C1CCN(C(=O)CC#N)CC1. The molecule has 0 aromatic heterocycles. The van der Waals surface area contributed by atoms with E-state index in [-0.39, 0.29) is 12.3 Å². The highest BCUT2D eigenvalue weighted by Crippen LogP contribution is 2.19. The van der Waals surface area contributed by atoms with E-state index in [4.69, 9.17) is 5.26 Å². The smallest absolute Gasteiger partial charge is 0.236 e. The Morgan fingerprint density at radius 1 is 1.37 bits per heavy atom. The molecule has 0 aromatic rings. The van der Waals surface area contributed by atoms with Gasteiger partial charge in [0.25, 0.3) is 0 Å². The van der Waals surface area contributed by atoms with Crippen molar-refractivity contribution in [3.8, 4) is 6.07 Å². The van der Waals surface area contributed by atoms with Gasteiger partial charge in [-0.2, -0.15) is 5.26 Å². The third-order valence-corrected chi connectivity index (χ3v) is 5.30. The van der Waals surface area contributed by atoms with Gasteiger partial charge in [0.15, 0.2) is 9.84 Å². The number of nitrogens with one attached hydrogen (secondary N) is 1. The largest absolute Gasteiger partial charge is 0.358 e. The van der Waals surface area contributed by atoms with E-state index in [1.54, 1.807) is 6.07 Å². The molecule has 0 radical (unpaired) electrons. The van der Waals surface area contributed by atoms with Crippen LogP contribution in [0.1, 0.15) is 19.3 Å². The zero-order valence-corrected chi connectivity index (χ0v) is 11.6. The number of sulfone groups is 1. The van der Waals surface area contributed by atoms with Crippen LogP contribution in [0.5, 0.6) is 0 Å². The fourth-order valence-corrected chi connectivity index (χ4v) is 3.69. The zero-order valence-electron chi connectivity index (χ0n) is 10.8. The second kappa shape index (κ2) is 6.52. The lowest BCUT2D eigenvalue weighted by atomic mass is 10.1. The van der Waals surface area contributed by atoms with Crippen molar-refractivity contribution in [3.63, 3.8) is 0 Å². The number of amides is 2. The first kappa shape index (κ1) is 15.4. The first-order valence-corrected chi connectivity index (χ1v) is 7.69. The summed E-state index contributed by atoms with van der Waals surface area (Å²) in [5, 5.41) is 10.1. The molecule has 8 heteroatoms. The summed E-state index contributed by atoms with van der Waals surface area (Å²) in [6.45, 7) is 0.635. The van der Waals surface area contributed by atoms with E-state index in [9.17, 15) is 18.0 Å². The number of piperidine rings is 1. The second-order valence-corrected chi connectivity index (χ2v) is 6.68. The van der Waals surface area contributed by atoms with Crippen LogP contribution in [0, 0.1) is 11.3 Å². The minimum atomic E-state index is -3.47. The van der Waals surface area contributed by atoms with Gasteiger partial charge in [0.2, 0.25) is 11.8 Å².